The van der Waals surface area contributed by atoms with Crippen molar-refractivity contribution >= 4 is 33.0 Å². The second-order valence-corrected chi connectivity index (χ2v) is 10.4. The van der Waals surface area contributed by atoms with E-state index >= 15 is 0 Å². The minimum absolute atomic E-state index is 0.158. The molecule has 0 atom stereocenters. The second-order valence-electron chi connectivity index (χ2n) is 8.54. The predicted molar refractivity (Wildman–Crippen MR) is 138 cm³/mol. The number of methoxy groups -OCH3 is 1. The number of nitrogens with one attached hydrogen (secondary N) is 2. The molecule has 1 fully saturated rings. The van der Waals surface area contributed by atoms with Crippen molar-refractivity contribution in [3.05, 3.63) is 54.9 Å². The maximum atomic E-state index is 12.3. The molecule has 2 aromatic heterocycles. The average Bonchev–Trinajstić information content (AvgIpc) is 3.31. The fraction of sp³-hybridized carbons (Fsp3) is 0.292. The summed E-state index contributed by atoms with van der Waals surface area (Å²) >= 11 is 0. The van der Waals surface area contributed by atoms with Crippen molar-refractivity contribution in [3.63, 3.8) is 0 Å². The molecule has 1 aliphatic heterocycles. The average molecular weight is 509 g/mol. The lowest BCUT2D eigenvalue weighted by Crippen LogP contribution is -2.44. The molecule has 1 saturated heterocycles. The third kappa shape index (κ3) is 4.70. The molecule has 0 radical (unpaired) electrons. The zero-order valence-electron chi connectivity index (χ0n) is 20.3. The van der Waals surface area contributed by atoms with Crippen LogP contribution in [0.2, 0.25) is 0 Å². The lowest BCUT2D eigenvalue weighted by Gasteiger charge is -2.34. The van der Waals surface area contributed by atoms with Crippen LogP contribution in [-0.2, 0) is 10.0 Å². The van der Waals surface area contributed by atoms with Gasteiger partial charge < -0.3 is 19.9 Å². The Morgan fingerprint density at radius 1 is 1.03 bits per heavy atom. The van der Waals surface area contributed by atoms with Crippen LogP contribution in [-0.4, -0.2) is 80.3 Å². The van der Waals surface area contributed by atoms with Gasteiger partial charge in [0.05, 0.1) is 35.8 Å². The Balaban J connectivity index is 1.44. The molecule has 0 unspecified atom stereocenters. The Labute approximate surface area is 209 Å². The topological polar surface area (TPSA) is 117 Å². The van der Waals surface area contributed by atoms with Gasteiger partial charge in [0, 0.05) is 43.5 Å². The minimum atomic E-state index is -3.58. The molecular formula is C24H28N8O3S. The number of aromatic nitrogens is 4. The van der Waals surface area contributed by atoms with E-state index in [-0.39, 0.29) is 4.90 Å². The van der Waals surface area contributed by atoms with E-state index in [2.05, 4.69) is 42.0 Å². The lowest BCUT2D eigenvalue weighted by atomic mass is 10.2. The molecule has 1 aliphatic rings. The molecule has 2 aromatic carbocycles. The standard InChI is InChI=1S/C24H28N8O3S/c1-25-36(33,34)19-6-4-5-17(13-19)21-15-26-16-23-28-24(29-32(21)23)27-18-7-8-20(22(14-18)35-3)31-11-9-30(2)10-12-31/h4-8,13-16,25H,9-12H2,1-3H3,(H,27,29). The number of hydrogen-bond acceptors (Lipinski definition) is 9. The number of likely N-dealkylation sites (N-methyl/N-ethyl adjacent to an activating group) is 1. The number of sulfonamides is 1. The molecule has 0 saturated carbocycles. The quantitative estimate of drug-likeness (QED) is 0.387. The molecule has 5 rings (SSSR count). The van der Waals surface area contributed by atoms with E-state index in [1.165, 1.54) is 13.1 Å². The summed E-state index contributed by atoms with van der Waals surface area (Å²) in [7, 11) is 1.60. The largest absolute Gasteiger partial charge is 0.495 e. The Morgan fingerprint density at radius 2 is 1.83 bits per heavy atom. The maximum Gasteiger partial charge on any atom is 0.247 e. The van der Waals surface area contributed by atoms with Crippen molar-refractivity contribution in [2.45, 2.75) is 4.90 Å². The van der Waals surface area contributed by atoms with Crippen molar-refractivity contribution in [2.24, 2.45) is 0 Å². The highest BCUT2D eigenvalue weighted by molar-refractivity contribution is 7.89. The highest BCUT2D eigenvalue weighted by atomic mass is 32.2. The third-order valence-corrected chi connectivity index (χ3v) is 7.65. The second kappa shape index (κ2) is 9.72. The zero-order valence-corrected chi connectivity index (χ0v) is 21.2. The van der Waals surface area contributed by atoms with Crippen LogP contribution in [0.15, 0.2) is 59.8 Å². The number of benzene rings is 2. The van der Waals surface area contributed by atoms with Gasteiger partial charge in [-0.15, -0.1) is 5.10 Å². The summed E-state index contributed by atoms with van der Waals surface area (Å²) in [5.74, 6) is 1.16. The van der Waals surface area contributed by atoms with Crippen molar-refractivity contribution < 1.29 is 13.2 Å². The van der Waals surface area contributed by atoms with Gasteiger partial charge in [-0.1, -0.05) is 12.1 Å². The molecule has 36 heavy (non-hydrogen) atoms. The summed E-state index contributed by atoms with van der Waals surface area (Å²) in [6.45, 7) is 3.91. The molecule has 11 nitrogen and oxygen atoms in total. The predicted octanol–water partition coefficient (Wildman–Crippen LogP) is 2.20. The minimum Gasteiger partial charge on any atom is -0.495 e. The number of nitrogens with zero attached hydrogens (tertiary/aromatic N) is 6. The lowest BCUT2D eigenvalue weighted by molar-refractivity contribution is 0.311. The van der Waals surface area contributed by atoms with E-state index < -0.39 is 10.0 Å². The summed E-state index contributed by atoms with van der Waals surface area (Å²) in [5.41, 5.74) is 3.64. The smallest absolute Gasteiger partial charge is 0.247 e. The number of fused-ring (bicyclic) bond motifs is 1. The molecule has 0 amide bonds. The van der Waals surface area contributed by atoms with Gasteiger partial charge in [0.1, 0.15) is 5.75 Å². The van der Waals surface area contributed by atoms with E-state index in [4.69, 9.17) is 4.74 Å². The Kier molecular flexibility index (Phi) is 6.48. The first kappa shape index (κ1) is 24.0. The first-order chi connectivity index (χ1) is 17.4. The molecule has 3 heterocycles. The fourth-order valence-corrected chi connectivity index (χ4v) is 4.97. The van der Waals surface area contributed by atoms with Gasteiger partial charge in [-0.3, -0.25) is 4.98 Å². The van der Waals surface area contributed by atoms with E-state index in [0.29, 0.717) is 22.9 Å². The summed E-state index contributed by atoms with van der Waals surface area (Å²) < 4.78 is 34.2. The molecule has 2 N–H and O–H groups in total. The number of piperazine rings is 1. The van der Waals surface area contributed by atoms with Crippen LogP contribution in [0.25, 0.3) is 16.9 Å². The highest BCUT2D eigenvalue weighted by Crippen LogP contribution is 2.33. The summed E-state index contributed by atoms with van der Waals surface area (Å²) in [6.07, 6.45) is 3.23. The first-order valence-corrected chi connectivity index (χ1v) is 13.0. The number of anilines is 3. The van der Waals surface area contributed by atoms with Gasteiger partial charge in [0.15, 0.2) is 5.65 Å². The summed E-state index contributed by atoms with van der Waals surface area (Å²) in [6, 6.07) is 12.6. The SMILES string of the molecule is CNS(=O)(=O)c1cccc(-c2cncc3nc(Nc4ccc(N5CCN(C)CC5)c(OC)c4)nn23)c1. The number of hydrogen-bond donors (Lipinski definition) is 2. The van der Waals surface area contributed by atoms with Gasteiger partial charge in [0.2, 0.25) is 16.0 Å². The molecule has 4 aromatic rings. The Morgan fingerprint density at radius 3 is 2.58 bits per heavy atom. The Hall–Kier alpha value is -3.74. The van der Waals surface area contributed by atoms with E-state index in [0.717, 1.165) is 43.3 Å². The normalized spacial score (nSPS) is 14.8. The third-order valence-electron chi connectivity index (χ3n) is 6.24. The van der Waals surface area contributed by atoms with Crippen molar-refractivity contribution in [1.29, 1.82) is 0 Å². The van der Waals surface area contributed by atoms with Crippen LogP contribution < -0.4 is 19.7 Å². The summed E-state index contributed by atoms with van der Waals surface area (Å²) in [5, 5.41) is 7.85. The van der Waals surface area contributed by atoms with Gasteiger partial charge in [-0.05, 0) is 38.4 Å². The van der Waals surface area contributed by atoms with Crippen LogP contribution >= 0.6 is 0 Å². The Bertz CT molecular complexity index is 1500. The monoisotopic (exact) mass is 508 g/mol. The van der Waals surface area contributed by atoms with Gasteiger partial charge in [-0.2, -0.15) is 4.98 Å². The van der Waals surface area contributed by atoms with Gasteiger partial charge in [0.25, 0.3) is 0 Å². The van der Waals surface area contributed by atoms with E-state index in [1.807, 2.05) is 24.3 Å². The van der Waals surface area contributed by atoms with Crippen LogP contribution in [0.3, 0.4) is 0 Å². The fourth-order valence-electron chi connectivity index (χ4n) is 4.20. The van der Waals surface area contributed by atoms with Crippen molar-refractivity contribution in [2.75, 3.05) is 57.6 Å². The maximum absolute atomic E-state index is 12.3. The van der Waals surface area contributed by atoms with E-state index in [9.17, 15) is 8.42 Å². The van der Waals surface area contributed by atoms with Crippen LogP contribution in [0.4, 0.5) is 17.3 Å². The molecule has 0 aliphatic carbocycles. The zero-order chi connectivity index (χ0) is 25.3. The molecule has 188 valence electrons. The first-order valence-electron chi connectivity index (χ1n) is 11.5. The number of ether oxygens (including phenoxy) is 1. The van der Waals surface area contributed by atoms with Crippen molar-refractivity contribution in [3.8, 4) is 17.0 Å². The van der Waals surface area contributed by atoms with Gasteiger partial charge >= 0.3 is 0 Å². The molecule has 12 heteroatoms. The highest BCUT2D eigenvalue weighted by Gasteiger charge is 2.19. The summed E-state index contributed by atoms with van der Waals surface area (Å²) in [4.78, 5) is 13.6. The van der Waals surface area contributed by atoms with Gasteiger partial charge in [-0.25, -0.2) is 17.7 Å². The van der Waals surface area contributed by atoms with Crippen LogP contribution in [0, 0.1) is 0 Å². The van der Waals surface area contributed by atoms with E-state index in [1.54, 1.807) is 36.2 Å². The molecule has 0 bridgehead atoms. The number of rotatable bonds is 7. The molecule has 0 spiro atoms. The van der Waals surface area contributed by atoms with Crippen molar-refractivity contribution in [1.82, 2.24) is 29.2 Å². The van der Waals surface area contributed by atoms with Crippen LogP contribution in [0.1, 0.15) is 0 Å². The molecular weight excluding hydrogens is 480 g/mol. The van der Waals surface area contributed by atoms with Crippen LogP contribution in [0.5, 0.6) is 5.75 Å².